The Balaban J connectivity index is 1.08. The molecule has 0 fully saturated rings. The Bertz CT molecular complexity index is 3970. The number of benzene rings is 10. The standard InChI is InChI=1S/C58H45B7N2/c59-50-47(51(60)55(64)57-48(50)49-52(61)53(62)54(63)56(65)58(49)67(57)42-25-19-36(20-26-42)33-11-5-2-6-12-33)40-22-28-45-44(30-40)43-27-21-39(38-16-15-34-13-7-8-14-37(34)29-38)31-46(43)66(45)41-23-17-35(18-24-41)32-9-3-1-4-10-32/h1-31H,59-65H2. The van der Waals surface area contributed by atoms with Crippen LogP contribution in [0.25, 0.3) is 110 Å². The molecule has 0 saturated carbocycles. The van der Waals surface area contributed by atoms with Crippen molar-refractivity contribution in [2.75, 3.05) is 0 Å². The van der Waals surface area contributed by atoms with E-state index in [1.165, 1.54) is 143 Å². The molecule has 0 saturated heterocycles. The maximum Gasteiger partial charge on any atom is 0.141 e. The molecule has 12 aromatic rings. The first-order valence-corrected chi connectivity index (χ1v) is 23.6. The highest BCUT2D eigenvalue weighted by atomic mass is 15.0. The smallest absolute Gasteiger partial charge is 0.141 e. The molecule has 67 heavy (non-hydrogen) atoms. The molecule has 12 rings (SSSR count). The third kappa shape index (κ3) is 6.43. The lowest BCUT2D eigenvalue weighted by atomic mass is 9.64. The van der Waals surface area contributed by atoms with Gasteiger partial charge < -0.3 is 9.13 Å². The van der Waals surface area contributed by atoms with Crippen molar-refractivity contribution in [3.05, 3.63) is 188 Å². The van der Waals surface area contributed by atoms with Crippen molar-refractivity contribution in [1.29, 1.82) is 0 Å². The van der Waals surface area contributed by atoms with E-state index >= 15 is 0 Å². The summed E-state index contributed by atoms with van der Waals surface area (Å²) in [6.07, 6.45) is 0. The number of rotatable bonds is 6. The van der Waals surface area contributed by atoms with Crippen molar-refractivity contribution in [1.82, 2.24) is 9.13 Å². The van der Waals surface area contributed by atoms with Gasteiger partial charge >= 0.3 is 0 Å². The number of hydrogen-bond acceptors (Lipinski definition) is 0. The summed E-state index contributed by atoms with van der Waals surface area (Å²) < 4.78 is 5.04. The fourth-order valence-corrected chi connectivity index (χ4v) is 11.3. The summed E-state index contributed by atoms with van der Waals surface area (Å²) in [4.78, 5) is 0. The Morgan fingerprint density at radius 1 is 0.269 bits per heavy atom. The number of fused-ring (bicyclic) bond motifs is 7. The Kier molecular flexibility index (Phi) is 9.69. The third-order valence-electron chi connectivity index (χ3n) is 15.2. The van der Waals surface area contributed by atoms with Gasteiger partial charge in [0.05, 0.1) is 11.0 Å². The molecule has 2 heterocycles. The minimum absolute atomic E-state index is 1.15. The first kappa shape index (κ1) is 41.0. The maximum absolute atomic E-state index is 2.57. The van der Waals surface area contributed by atoms with Gasteiger partial charge in [-0.3, -0.25) is 0 Å². The van der Waals surface area contributed by atoms with Crippen LogP contribution in [0.4, 0.5) is 0 Å². The van der Waals surface area contributed by atoms with E-state index in [4.69, 9.17) is 0 Å². The van der Waals surface area contributed by atoms with Crippen molar-refractivity contribution >= 4 is 148 Å². The van der Waals surface area contributed by atoms with Crippen molar-refractivity contribution in [3.63, 3.8) is 0 Å². The second-order valence-corrected chi connectivity index (χ2v) is 18.7. The largest absolute Gasteiger partial charge is 0.310 e. The van der Waals surface area contributed by atoms with E-state index < -0.39 is 0 Å². The zero-order valence-corrected chi connectivity index (χ0v) is 39.3. The molecule has 0 aliphatic carbocycles. The molecule has 0 spiro atoms. The van der Waals surface area contributed by atoms with Crippen LogP contribution >= 0.6 is 0 Å². The fourth-order valence-electron chi connectivity index (χ4n) is 11.3. The fraction of sp³-hybridized carbons (Fsp3) is 0. The van der Waals surface area contributed by atoms with Crippen molar-refractivity contribution in [2.24, 2.45) is 0 Å². The Labute approximate surface area is 398 Å². The first-order valence-electron chi connectivity index (χ1n) is 23.6. The van der Waals surface area contributed by atoms with Crippen LogP contribution in [-0.2, 0) is 0 Å². The zero-order valence-electron chi connectivity index (χ0n) is 39.3. The van der Waals surface area contributed by atoms with Gasteiger partial charge in [-0.1, -0.05) is 172 Å². The predicted octanol–water partition coefficient (Wildman–Crippen LogP) is 3.51. The summed E-state index contributed by atoms with van der Waals surface area (Å²) in [5.74, 6) is 0. The predicted molar refractivity (Wildman–Crippen MR) is 312 cm³/mol. The molecular weight excluding hydrogens is 800 g/mol. The van der Waals surface area contributed by atoms with Gasteiger partial charge in [0.15, 0.2) is 0 Å². The lowest BCUT2D eigenvalue weighted by molar-refractivity contribution is 1.18. The highest BCUT2D eigenvalue weighted by Crippen LogP contribution is 2.39. The molecule has 308 valence electrons. The van der Waals surface area contributed by atoms with Gasteiger partial charge in [-0.15, -0.1) is 5.46 Å². The molecule has 2 aromatic heterocycles. The second kappa shape index (κ2) is 15.8. The molecule has 0 aliphatic rings. The highest BCUT2D eigenvalue weighted by molar-refractivity contribution is 6.69. The van der Waals surface area contributed by atoms with Gasteiger partial charge in [0, 0.05) is 38.6 Å². The van der Waals surface area contributed by atoms with E-state index in [-0.39, 0.29) is 0 Å². The van der Waals surface area contributed by atoms with E-state index in [2.05, 4.69) is 252 Å². The van der Waals surface area contributed by atoms with E-state index in [0.29, 0.717) is 0 Å². The average molecular weight is 846 g/mol. The number of aromatic nitrogens is 2. The first-order chi connectivity index (χ1) is 32.7. The van der Waals surface area contributed by atoms with Crippen LogP contribution in [0.5, 0.6) is 0 Å². The summed E-state index contributed by atoms with van der Waals surface area (Å²) in [6, 6.07) is 69.3. The van der Waals surface area contributed by atoms with Gasteiger partial charge in [-0.2, -0.15) is 0 Å². The summed E-state index contributed by atoms with van der Waals surface area (Å²) in [5.41, 5.74) is 26.6. The van der Waals surface area contributed by atoms with Gasteiger partial charge in [-0.25, -0.2) is 0 Å². The van der Waals surface area contributed by atoms with Crippen LogP contribution in [0.1, 0.15) is 0 Å². The maximum atomic E-state index is 2.57. The van der Waals surface area contributed by atoms with Crippen LogP contribution < -0.4 is 38.2 Å². The Hall–Kier alpha value is -7.49. The van der Waals surface area contributed by atoms with Crippen LogP contribution in [0.3, 0.4) is 0 Å². The average Bonchev–Trinajstić information content (AvgIpc) is 3.91. The molecular formula is C58H45B7N2. The molecule has 0 bridgehead atoms. The topological polar surface area (TPSA) is 9.86 Å². The molecule has 0 unspecified atom stereocenters. The minimum atomic E-state index is 1.15. The third-order valence-corrected chi connectivity index (χ3v) is 15.2. The molecule has 2 nitrogen and oxygen atoms in total. The van der Waals surface area contributed by atoms with E-state index in [1.807, 2.05) is 0 Å². The van der Waals surface area contributed by atoms with Crippen molar-refractivity contribution in [3.8, 4) is 55.9 Å². The molecule has 0 amide bonds. The summed E-state index contributed by atoms with van der Waals surface area (Å²) in [5, 5.41) is 7.71. The molecule has 9 heteroatoms. The van der Waals surface area contributed by atoms with Crippen LogP contribution in [0.2, 0.25) is 0 Å². The lowest BCUT2D eigenvalue weighted by Gasteiger charge is -2.19. The highest BCUT2D eigenvalue weighted by Gasteiger charge is 2.25. The normalized spacial score (nSPS) is 11.7. The number of hydrogen-bond donors (Lipinski definition) is 0. The molecule has 0 aliphatic heterocycles. The van der Waals surface area contributed by atoms with Crippen LogP contribution in [-0.4, -0.2) is 64.1 Å². The van der Waals surface area contributed by atoms with Gasteiger partial charge in [0.1, 0.15) is 54.9 Å². The second-order valence-electron chi connectivity index (χ2n) is 18.7. The molecule has 10 aromatic carbocycles. The van der Waals surface area contributed by atoms with E-state index in [0.717, 1.165) is 5.69 Å². The summed E-state index contributed by atoms with van der Waals surface area (Å²) >= 11 is 0. The minimum Gasteiger partial charge on any atom is -0.310 e. The summed E-state index contributed by atoms with van der Waals surface area (Å²) in [7, 11) is 16.3. The lowest BCUT2D eigenvalue weighted by Crippen LogP contribution is -2.48. The van der Waals surface area contributed by atoms with Crippen molar-refractivity contribution < 1.29 is 0 Å². The zero-order chi connectivity index (χ0) is 45.7. The quantitative estimate of drug-likeness (QED) is 0.227. The van der Waals surface area contributed by atoms with E-state index in [9.17, 15) is 0 Å². The van der Waals surface area contributed by atoms with Crippen LogP contribution in [0.15, 0.2) is 188 Å². The van der Waals surface area contributed by atoms with Gasteiger partial charge in [-0.05, 0) is 109 Å². The molecule has 0 radical (unpaired) electrons. The Morgan fingerprint density at radius 2 is 0.746 bits per heavy atom. The van der Waals surface area contributed by atoms with Crippen LogP contribution in [0, 0.1) is 0 Å². The summed E-state index contributed by atoms with van der Waals surface area (Å²) in [6.45, 7) is 0. The van der Waals surface area contributed by atoms with E-state index in [1.54, 1.807) is 0 Å². The Morgan fingerprint density at radius 3 is 1.39 bits per heavy atom. The van der Waals surface area contributed by atoms with Gasteiger partial charge in [0.2, 0.25) is 0 Å². The molecule has 0 N–H and O–H groups in total. The van der Waals surface area contributed by atoms with Gasteiger partial charge in [0.25, 0.3) is 0 Å². The monoisotopic (exact) mass is 846 g/mol. The van der Waals surface area contributed by atoms with Crippen molar-refractivity contribution in [2.45, 2.75) is 0 Å². The molecule has 0 atom stereocenters. The SMILES string of the molecule is Bc1c(B)c(B)c2c(c1B)c1c(B)c(-c3ccc4c(c3)c3ccc(-c5ccc6ccccc6c5)cc3n4-c3ccc(-c4ccccc4)cc3)c(B)c(B)c1n2-c1ccc(-c2ccccc2)cc1. The number of nitrogens with zero attached hydrogens (tertiary/aromatic N) is 2.